The molecule has 4 rings (SSSR count). The summed E-state index contributed by atoms with van der Waals surface area (Å²) < 4.78 is 53.2. The molecule has 0 spiro atoms. The number of carbonyl (C=O) groups excluding carboxylic acids is 1. The molecule has 0 aliphatic heterocycles. The number of benzene rings is 3. The summed E-state index contributed by atoms with van der Waals surface area (Å²) in [5.41, 5.74) is 1.79. The number of halogens is 4. The van der Waals surface area contributed by atoms with E-state index in [1.165, 1.54) is 4.90 Å². The highest BCUT2D eigenvalue weighted by molar-refractivity contribution is 6.02. The van der Waals surface area contributed by atoms with Crippen LogP contribution in [-0.4, -0.2) is 24.1 Å². The van der Waals surface area contributed by atoms with Gasteiger partial charge in [0, 0.05) is 37.2 Å². The van der Waals surface area contributed by atoms with Crippen LogP contribution < -0.4 is 15.5 Å². The molecule has 0 saturated carbocycles. The van der Waals surface area contributed by atoms with E-state index in [1.807, 2.05) is 18.2 Å². The second-order valence-electron chi connectivity index (χ2n) is 8.51. The van der Waals surface area contributed by atoms with Gasteiger partial charge in [-0.15, -0.1) is 0 Å². The summed E-state index contributed by atoms with van der Waals surface area (Å²) in [6.45, 7) is 0.986. The minimum atomic E-state index is -4.90. The zero-order valence-electron chi connectivity index (χ0n) is 20.5. The van der Waals surface area contributed by atoms with Crippen LogP contribution in [0.25, 0.3) is 11.1 Å². The molecule has 0 aliphatic rings. The fourth-order valence-corrected chi connectivity index (χ4v) is 3.87. The smallest absolute Gasteiger partial charge is 0.309 e. The third-order valence-corrected chi connectivity index (χ3v) is 5.82. The molecule has 0 bridgehead atoms. The van der Waals surface area contributed by atoms with Gasteiger partial charge in [-0.25, -0.2) is 9.18 Å². The number of alkyl halides is 3. The van der Waals surface area contributed by atoms with E-state index in [0.717, 1.165) is 22.9 Å². The van der Waals surface area contributed by atoms with Crippen molar-refractivity contribution < 1.29 is 22.4 Å². The number of rotatable bonds is 8. The summed E-state index contributed by atoms with van der Waals surface area (Å²) in [6, 6.07) is 23.3. The van der Waals surface area contributed by atoms with Gasteiger partial charge < -0.3 is 10.6 Å². The number of urea groups is 1. The summed E-state index contributed by atoms with van der Waals surface area (Å²) in [5.74, 6) is -1.42. The Balaban J connectivity index is 1.54. The van der Waals surface area contributed by atoms with E-state index >= 15 is 0 Å². The molecule has 10 heteroatoms. The molecule has 39 heavy (non-hydrogen) atoms. The monoisotopic (exact) mass is 533 g/mol. The molecule has 2 amide bonds. The number of carbonyl (C=O) groups is 1. The molecule has 2 N–H and O–H groups in total. The summed E-state index contributed by atoms with van der Waals surface area (Å²) in [7, 11) is 0. The molecule has 3 aromatic carbocycles. The number of nitrogens with one attached hydrogen (secondary N) is 2. The summed E-state index contributed by atoms with van der Waals surface area (Å²) in [5, 5.41) is 14.8. The predicted molar refractivity (Wildman–Crippen MR) is 140 cm³/mol. The number of hydrogen-bond donors (Lipinski definition) is 2. The van der Waals surface area contributed by atoms with Gasteiger partial charge in [0.1, 0.15) is 5.82 Å². The van der Waals surface area contributed by atoms with Gasteiger partial charge in [-0.2, -0.15) is 18.4 Å². The summed E-state index contributed by atoms with van der Waals surface area (Å²) in [6.07, 6.45) is -3.24. The molecule has 0 radical (unpaired) electrons. The third-order valence-electron chi connectivity index (χ3n) is 5.82. The van der Waals surface area contributed by atoms with Crippen LogP contribution in [0, 0.1) is 17.1 Å². The molecule has 0 aliphatic carbocycles. The Morgan fingerprint density at radius 1 is 0.949 bits per heavy atom. The van der Waals surface area contributed by atoms with Crippen molar-refractivity contribution in [3.63, 3.8) is 0 Å². The van der Waals surface area contributed by atoms with E-state index < -0.39 is 23.6 Å². The Morgan fingerprint density at radius 3 is 2.44 bits per heavy atom. The Labute approximate surface area is 222 Å². The van der Waals surface area contributed by atoms with Crippen molar-refractivity contribution in [2.45, 2.75) is 12.7 Å². The van der Waals surface area contributed by atoms with Crippen LogP contribution >= 0.6 is 0 Å². The van der Waals surface area contributed by atoms with E-state index in [1.54, 1.807) is 54.7 Å². The van der Waals surface area contributed by atoms with Crippen molar-refractivity contribution >= 4 is 17.4 Å². The maximum absolute atomic E-state index is 13.7. The van der Waals surface area contributed by atoms with E-state index in [9.17, 15) is 22.4 Å². The third kappa shape index (κ3) is 7.18. The fraction of sp³-hybridized carbons (Fsp3) is 0.138. The Morgan fingerprint density at radius 2 is 1.74 bits per heavy atom. The largest absolute Gasteiger partial charge is 0.419 e. The standard InChI is InChI=1S/C29H23F4N5O/c30-27-12-9-23(17-26(27)29(31,32)33)37-28(39)38(15-14-35-19-24-6-1-2-13-36-24)25-10-7-21(8-11-25)22-5-3-4-20(16-22)18-34/h1-13,16-17,35H,14-15,19H2,(H,37,39). The lowest BCUT2D eigenvalue weighted by Gasteiger charge is -2.24. The number of hydrogen-bond acceptors (Lipinski definition) is 4. The van der Waals surface area contributed by atoms with Gasteiger partial charge in [0.2, 0.25) is 0 Å². The molecule has 1 aromatic heterocycles. The van der Waals surface area contributed by atoms with E-state index in [-0.39, 0.29) is 12.2 Å². The lowest BCUT2D eigenvalue weighted by Crippen LogP contribution is -2.39. The fourth-order valence-electron chi connectivity index (χ4n) is 3.87. The van der Waals surface area contributed by atoms with Crippen LogP contribution in [0.5, 0.6) is 0 Å². The molecule has 0 saturated heterocycles. The van der Waals surface area contributed by atoms with Crippen molar-refractivity contribution in [2.75, 3.05) is 23.3 Å². The van der Waals surface area contributed by atoms with Crippen molar-refractivity contribution in [3.05, 3.63) is 114 Å². The lowest BCUT2D eigenvalue weighted by molar-refractivity contribution is -0.139. The van der Waals surface area contributed by atoms with Crippen molar-refractivity contribution in [1.29, 1.82) is 5.26 Å². The number of nitriles is 1. The van der Waals surface area contributed by atoms with Gasteiger partial charge in [0.25, 0.3) is 0 Å². The zero-order valence-corrected chi connectivity index (χ0v) is 20.5. The molecule has 0 unspecified atom stereocenters. The summed E-state index contributed by atoms with van der Waals surface area (Å²) >= 11 is 0. The maximum atomic E-state index is 13.7. The van der Waals surface area contributed by atoms with Crippen LogP contribution in [-0.2, 0) is 12.7 Å². The second kappa shape index (κ2) is 12.2. The van der Waals surface area contributed by atoms with Gasteiger partial charge in [-0.1, -0.05) is 30.3 Å². The van der Waals surface area contributed by atoms with E-state index in [2.05, 4.69) is 21.7 Å². The first kappa shape index (κ1) is 27.3. The molecule has 4 aromatic rings. The van der Waals surface area contributed by atoms with Crippen LogP contribution in [0.2, 0.25) is 0 Å². The predicted octanol–water partition coefficient (Wildman–Crippen LogP) is 6.61. The molecule has 0 fully saturated rings. The highest BCUT2D eigenvalue weighted by atomic mass is 19.4. The highest BCUT2D eigenvalue weighted by Crippen LogP contribution is 2.33. The molecule has 6 nitrogen and oxygen atoms in total. The SMILES string of the molecule is N#Cc1cccc(-c2ccc(N(CCNCc3ccccn3)C(=O)Nc3ccc(F)c(C(F)(F)F)c3)cc2)c1. The van der Waals surface area contributed by atoms with Crippen LogP contribution in [0.15, 0.2) is 91.1 Å². The van der Waals surface area contributed by atoms with Gasteiger partial charge >= 0.3 is 12.2 Å². The first-order chi connectivity index (χ1) is 18.7. The number of aromatic nitrogens is 1. The first-order valence-corrected chi connectivity index (χ1v) is 11.9. The van der Waals surface area contributed by atoms with Crippen molar-refractivity contribution in [2.24, 2.45) is 0 Å². The van der Waals surface area contributed by atoms with Gasteiger partial charge in [-0.3, -0.25) is 9.88 Å². The lowest BCUT2D eigenvalue weighted by atomic mass is 10.0. The normalized spacial score (nSPS) is 11.1. The Kier molecular flexibility index (Phi) is 8.53. The molecule has 1 heterocycles. The molecular formula is C29H23F4N5O. The topological polar surface area (TPSA) is 81.1 Å². The second-order valence-corrected chi connectivity index (χ2v) is 8.51. The Bertz CT molecular complexity index is 1470. The summed E-state index contributed by atoms with van der Waals surface area (Å²) in [4.78, 5) is 18.8. The van der Waals surface area contributed by atoms with Gasteiger partial charge in [0.05, 0.1) is 22.9 Å². The molecule has 198 valence electrons. The van der Waals surface area contributed by atoms with Crippen LogP contribution in [0.4, 0.5) is 33.7 Å². The average molecular weight is 534 g/mol. The first-order valence-electron chi connectivity index (χ1n) is 11.9. The zero-order chi connectivity index (χ0) is 27.8. The maximum Gasteiger partial charge on any atom is 0.419 e. The average Bonchev–Trinajstić information content (AvgIpc) is 2.94. The van der Waals surface area contributed by atoms with Crippen LogP contribution in [0.3, 0.4) is 0 Å². The van der Waals surface area contributed by atoms with Crippen molar-refractivity contribution in [3.8, 4) is 17.2 Å². The highest BCUT2D eigenvalue weighted by Gasteiger charge is 2.34. The van der Waals surface area contributed by atoms with Gasteiger partial charge in [0.15, 0.2) is 0 Å². The Hall–Kier alpha value is -4.75. The molecular weight excluding hydrogens is 510 g/mol. The van der Waals surface area contributed by atoms with Gasteiger partial charge in [-0.05, 0) is 65.7 Å². The van der Waals surface area contributed by atoms with Crippen molar-refractivity contribution in [1.82, 2.24) is 10.3 Å². The van der Waals surface area contributed by atoms with E-state index in [4.69, 9.17) is 5.26 Å². The molecule has 0 atom stereocenters. The van der Waals surface area contributed by atoms with Crippen LogP contribution in [0.1, 0.15) is 16.8 Å². The number of amides is 2. The number of pyridine rings is 1. The quantitative estimate of drug-likeness (QED) is 0.197. The van der Waals surface area contributed by atoms with E-state index in [0.29, 0.717) is 36.5 Å². The minimum Gasteiger partial charge on any atom is -0.309 e. The number of anilines is 2. The number of nitrogens with zero attached hydrogens (tertiary/aromatic N) is 3. The minimum absolute atomic E-state index is 0.176.